The first-order valence-electron chi connectivity index (χ1n) is 6.78. The van der Waals surface area contributed by atoms with Gasteiger partial charge in [-0.1, -0.05) is 0 Å². The highest BCUT2D eigenvalue weighted by atomic mass is 16.5. The van der Waals surface area contributed by atoms with Crippen LogP contribution in [0.4, 0.5) is 11.5 Å². The SMILES string of the molecule is COc1ccc(NC(=O)c2cnc(NC3CC3)cn2)cc1. The zero-order chi connectivity index (χ0) is 14.7. The summed E-state index contributed by atoms with van der Waals surface area (Å²) in [5.41, 5.74) is 0.968. The van der Waals surface area contributed by atoms with Crippen molar-refractivity contribution in [3.8, 4) is 5.75 Å². The maximum Gasteiger partial charge on any atom is 0.275 e. The van der Waals surface area contributed by atoms with Crippen LogP contribution in [0.15, 0.2) is 36.7 Å². The predicted octanol–water partition coefficient (Wildman–Crippen LogP) is 2.31. The van der Waals surface area contributed by atoms with E-state index in [0.29, 0.717) is 17.5 Å². The quantitative estimate of drug-likeness (QED) is 0.881. The molecule has 3 rings (SSSR count). The van der Waals surface area contributed by atoms with Crippen LogP contribution in [0.1, 0.15) is 23.3 Å². The van der Waals surface area contributed by atoms with Gasteiger partial charge in [0.05, 0.1) is 19.5 Å². The number of carbonyl (C=O) groups is 1. The Kier molecular flexibility index (Phi) is 3.68. The average molecular weight is 284 g/mol. The van der Waals surface area contributed by atoms with E-state index in [1.165, 1.54) is 19.0 Å². The van der Waals surface area contributed by atoms with Crippen LogP contribution in [0.5, 0.6) is 5.75 Å². The molecule has 1 saturated carbocycles. The van der Waals surface area contributed by atoms with Crippen LogP contribution in [0.2, 0.25) is 0 Å². The molecule has 1 aromatic heterocycles. The number of nitrogens with one attached hydrogen (secondary N) is 2. The second-order valence-corrected chi connectivity index (χ2v) is 4.89. The summed E-state index contributed by atoms with van der Waals surface area (Å²) in [7, 11) is 1.60. The van der Waals surface area contributed by atoms with Gasteiger partial charge in [0.15, 0.2) is 0 Å². The van der Waals surface area contributed by atoms with E-state index in [4.69, 9.17) is 4.74 Å². The fraction of sp³-hybridized carbons (Fsp3) is 0.267. The van der Waals surface area contributed by atoms with E-state index < -0.39 is 0 Å². The highest BCUT2D eigenvalue weighted by molar-refractivity contribution is 6.02. The van der Waals surface area contributed by atoms with Gasteiger partial charge in [0, 0.05) is 11.7 Å². The summed E-state index contributed by atoms with van der Waals surface area (Å²) in [5, 5.41) is 5.99. The molecule has 6 heteroatoms. The second kappa shape index (κ2) is 5.78. The van der Waals surface area contributed by atoms with Crippen LogP contribution in [-0.4, -0.2) is 29.0 Å². The molecule has 0 spiro atoms. The third-order valence-corrected chi connectivity index (χ3v) is 3.16. The minimum Gasteiger partial charge on any atom is -0.497 e. The maximum atomic E-state index is 12.0. The van der Waals surface area contributed by atoms with Crippen LogP contribution >= 0.6 is 0 Å². The van der Waals surface area contributed by atoms with Crippen molar-refractivity contribution in [1.29, 1.82) is 0 Å². The van der Waals surface area contributed by atoms with Gasteiger partial charge >= 0.3 is 0 Å². The number of nitrogens with zero attached hydrogens (tertiary/aromatic N) is 2. The Labute approximate surface area is 122 Å². The van der Waals surface area contributed by atoms with E-state index >= 15 is 0 Å². The zero-order valence-electron chi connectivity index (χ0n) is 11.7. The Morgan fingerprint density at radius 2 is 1.95 bits per heavy atom. The zero-order valence-corrected chi connectivity index (χ0v) is 11.7. The van der Waals surface area contributed by atoms with Crippen molar-refractivity contribution in [2.45, 2.75) is 18.9 Å². The number of ether oxygens (including phenoxy) is 1. The smallest absolute Gasteiger partial charge is 0.275 e. The molecular weight excluding hydrogens is 268 g/mol. The van der Waals surface area contributed by atoms with Gasteiger partial charge in [-0.15, -0.1) is 0 Å². The first-order valence-corrected chi connectivity index (χ1v) is 6.78. The molecule has 108 valence electrons. The van der Waals surface area contributed by atoms with Gasteiger partial charge in [0.1, 0.15) is 17.3 Å². The second-order valence-electron chi connectivity index (χ2n) is 4.89. The van der Waals surface area contributed by atoms with E-state index in [1.807, 2.05) is 0 Å². The lowest BCUT2D eigenvalue weighted by atomic mass is 10.3. The molecular formula is C15H16N4O2. The number of methoxy groups -OCH3 is 1. The minimum atomic E-state index is -0.286. The van der Waals surface area contributed by atoms with Crippen molar-refractivity contribution in [1.82, 2.24) is 9.97 Å². The van der Waals surface area contributed by atoms with Gasteiger partial charge < -0.3 is 15.4 Å². The number of amides is 1. The van der Waals surface area contributed by atoms with E-state index in [2.05, 4.69) is 20.6 Å². The van der Waals surface area contributed by atoms with Gasteiger partial charge in [-0.3, -0.25) is 4.79 Å². The number of rotatable bonds is 5. The molecule has 0 aliphatic heterocycles. The molecule has 1 fully saturated rings. The van der Waals surface area contributed by atoms with Crippen molar-refractivity contribution in [3.63, 3.8) is 0 Å². The van der Waals surface area contributed by atoms with Crippen LogP contribution < -0.4 is 15.4 Å². The lowest BCUT2D eigenvalue weighted by Gasteiger charge is -2.06. The van der Waals surface area contributed by atoms with E-state index in [0.717, 1.165) is 5.75 Å². The number of anilines is 2. The average Bonchev–Trinajstić information content (AvgIpc) is 3.33. The summed E-state index contributed by atoms with van der Waals surface area (Å²) in [6, 6.07) is 7.62. The Balaban J connectivity index is 1.63. The number of benzene rings is 1. The highest BCUT2D eigenvalue weighted by Gasteiger charge is 2.21. The summed E-state index contributed by atoms with van der Waals surface area (Å²) in [6.45, 7) is 0. The van der Waals surface area contributed by atoms with Gasteiger partial charge in [0.25, 0.3) is 5.91 Å². The predicted molar refractivity (Wildman–Crippen MR) is 79.6 cm³/mol. The maximum absolute atomic E-state index is 12.0. The summed E-state index contributed by atoms with van der Waals surface area (Å²) in [6.07, 6.45) is 5.40. The molecule has 1 amide bonds. The molecule has 0 radical (unpaired) electrons. The molecule has 1 heterocycles. The molecule has 21 heavy (non-hydrogen) atoms. The van der Waals surface area contributed by atoms with Gasteiger partial charge in [-0.25, -0.2) is 9.97 Å². The minimum absolute atomic E-state index is 0.284. The van der Waals surface area contributed by atoms with Crippen molar-refractivity contribution in [2.75, 3.05) is 17.7 Å². The molecule has 0 unspecified atom stereocenters. The standard InChI is InChI=1S/C15H16N4O2/c1-21-12-6-4-11(5-7-12)19-15(20)13-8-17-14(9-16-13)18-10-2-3-10/h4-10H,2-3H2,1H3,(H,17,18)(H,19,20). The Morgan fingerprint density at radius 1 is 1.19 bits per heavy atom. The topological polar surface area (TPSA) is 76.1 Å². The van der Waals surface area contributed by atoms with Crippen LogP contribution in [0, 0.1) is 0 Å². The number of aromatic nitrogens is 2. The molecule has 2 N–H and O–H groups in total. The fourth-order valence-corrected chi connectivity index (χ4v) is 1.83. The Bertz CT molecular complexity index is 621. The number of hydrogen-bond acceptors (Lipinski definition) is 5. The third-order valence-electron chi connectivity index (χ3n) is 3.16. The molecule has 1 aromatic carbocycles. The van der Waals surface area contributed by atoms with Crippen molar-refractivity contribution in [3.05, 3.63) is 42.4 Å². The lowest BCUT2D eigenvalue weighted by Crippen LogP contribution is -2.14. The van der Waals surface area contributed by atoms with Crippen LogP contribution in [0.3, 0.4) is 0 Å². The molecule has 2 aromatic rings. The first-order chi connectivity index (χ1) is 10.2. The lowest BCUT2D eigenvalue weighted by molar-refractivity contribution is 0.102. The Hall–Kier alpha value is -2.63. The highest BCUT2D eigenvalue weighted by Crippen LogP contribution is 2.23. The van der Waals surface area contributed by atoms with Crippen molar-refractivity contribution < 1.29 is 9.53 Å². The monoisotopic (exact) mass is 284 g/mol. The van der Waals surface area contributed by atoms with E-state index in [1.54, 1.807) is 37.6 Å². The van der Waals surface area contributed by atoms with Crippen LogP contribution in [0.25, 0.3) is 0 Å². The first kappa shape index (κ1) is 13.4. The normalized spacial score (nSPS) is 13.6. The summed E-state index contributed by atoms with van der Waals surface area (Å²) in [5.74, 6) is 1.16. The summed E-state index contributed by atoms with van der Waals surface area (Å²) >= 11 is 0. The Morgan fingerprint density at radius 3 is 2.52 bits per heavy atom. The van der Waals surface area contributed by atoms with Crippen molar-refractivity contribution in [2.24, 2.45) is 0 Å². The largest absolute Gasteiger partial charge is 0.497 e. The molecule has 0 atom stereocenters. The van der Waals surface area contributed by atoms with Crippen molar-refractivity contribution >= 4 is 17.4 Å². The molecule has 0 bridgehead atoms. The molecule has 1 aliphatic rings. The van der Waals surface area contributed by atoms with E-state index in [-0.39, 0.29) is 11.6 Å². The number of hydrogen-bond donors (Lipinski definition) is 2. The van der Waals surface area contributed by atoms with Gasteiger partial charge in [0.2, 0.25) is 0 Å². The fourth-order valence-electron chi connectivity index (χ4n) is 1.83. The van der Waals surface area contributed by atoms with Gasteiger partial charge in [-0.05, 0) is 37.1 Å². The molecule has 1 aliphatic carbocycles. The third kappa shape index (κ3) is 3.47. The summed E-state index contributed by atoms with van der Waals surface area (Å²) in [4.78, 5) is 20.4. The molecule has 6 nitrogen and oxygen atoms in total. The van der Waals surface area contributed by atoms with Crippen LogP contribution in [-0.2, 0) is 0 Å². The number of carbonyl (C=O) groups excluding carboxylic acids is 1. The van der Waals surface area contributed by atoms with E-state index in [9.17, 15) is 4.79 Å². The molecule has 0 saturated heterocycles. The summed E-state index contributed by atoms with van der Waals surface area (Å²) < 4.78 is 5.07. The van der Waals surface area contributed by atoms with Gasteiger partial charge in [-0.2, -0.15) is 0 Å².